The SMILES string of the molecule is CO/C(C)=C/C[C@H](O)[C@@H](C)/C=C(\C)I. The Morgan fingerprint density at radius 2 is 2.07 bits per heavy atom. The van der Waals surface area contributed by atoms with E-state index >= 15 is 0 Å². The van der Waals surface area contributed by atoms with Crippen molar-refractivity contribution < 1.29 is 9.84 Å². The van der Waals surface area contributed by atoms with Crippen LogP contribution in [-0.2, 0) is 4.74 Å². The Bertz CT molecular complexity index is 217. The average Bonchev–Trinajstić information content (AvgIpc) is 2.12. The molecule has 0 aromatic carbocycles. The monoisotopic (exact) mass is 310 g/mol. The fourth-order valence-corrected chi connectivity index (χ4v) is 1.63. The summed E-state index contributed by atoms with van der Waals surface area (Å²) in [4.78, 5) is 0. The molecule has 3 heteroatoms. The van der Waals surface area contributed by atoms with Crippen molar-refractivity contribution >= 4 is 22.6 Å². The van der Waals surface area contributed by atoms with Crippen molar-refractivity contribution in [3.05, 3.63) is 21.5 Å². The summed E-state index contributed by atoms with van der Waals surface area (Å²) in [6.07, 6.45) is 4.30. The number of ether oxygens (including phenoxy) is 1. The molecule has 0 aliphatic heterocycles. The topological polar surface area (TPSA) is 29.5 Å². The van der Waals surface area contributed by atoms with Gasteiger partial charge >= 0.3 is 0 Å². The number of hydrogen-bond donors (Lipinski definition) is 1. The quantitative estimate of drug-likeness (QED) is 0.624. The number of hydrogen-bond acceptors (Lipinski definition) is 2. The van der Waals surface area contributed by atoms with Gasteiger partial charge in [0, 0.05) is 5.92 Å². The van der Waals surface area contributed by atoms with Gasteiger partial charge in [-0.05, 0) is 52.5 Å². The number of rotatable bonds is 5. The fourth-order valence-electron chi connectivity index (χ4n) is 1.06. The highest BCUT2D eigenvalue weighted by atomic mass is 127. The second kappa shape index (κ2) is 7.29. The zero-order chi connectivity index (χ0) is 11.1. The van der Waals surface area contributed by atoms with E-state index in [1.807, 2.05) is 26.8 Å². The standard InChI is InChI=1S/C11H19IO2/c1-8(7-9(2)12)11(13)6-5-10(3)14-4/h5,7-8,11,13H,6H2,1-4H3/b9-7+,10-5+/t8-,11-/m0/s1. The fraction of sp³-hybridized carbons (Fsp3) is 0.636. The molecule has 0 aliphatic carbocycles. The molecule has 2 nitrogen and oxygen atoms in total. The maximum Gasteiger partial charge on any atom is 0.0885 e. The van der Waals surface area contributed by atoms with Crippen LogP contribution in [0, 0.1) is 5.92 Å². The Hall–Kier alpha value is -0.0300. The second-order valence-corrected chi connectivity index (χ2v) is 5.14. The number of allylic oxidation sites excluding steroid dienone is 2. The van der Waals surface area contributed by atoms with Crippen molar-refractivity contribution in [3.63, 3.8) is 0 Å². The van der Waals surface area contributed by atoms with Crippen LogP contribution < -0.4 is 0 Å². The summed E-state index contributed by atoms with van der Waals surface area (Å²) in [5, 5.41) is 9.76. The first-order valence-corrected chi connectivity index (χ1v) is 5.78. The third-order valence-corrected chi connectivity index (χ3v) is 2.43. The summed E-state index contributed by atoms with van der Waals surface area (Å²) in [7, 11) is 1.64. The third kappa shape index (κ3) is 6.43. The van der Waals surface area contributed by atoms with E-state index < -0.39 is 0 Å². The van der Waals surface area contributed by atoms with Crippen LogP contribution in [0.3, 0.4) is 0 Å². The van der Waals surface area contributed by atoms with Crippen LogP contribution in [0.1, 0.15) is 27.2 Å². The van der Waals surface area contributed by atoms with E-state index in [1.54, 1.807) is 7.11 Å². The van der Waals surface area contributed by atoms with Crippen molar-refractivity contribution in [3.8, 4) is 0 Å². The van der Waals surface area contributed by atoms with Gasteiger partial charge in [0.2, 0.25) is 0 Å². The van der Waals surface area contributed by atoms with Gasteiger partial charge in [0.05, 0.1) is 19.0 Å². The Kier molecular flexibility index (Phi) is 7.27. The lowest BCUT2D eigenvalue weighted by molar-refractivity contribution is 0.139. The molecule has 0 aromatic rings. The third-order valence-electron chi connectivity index (χ3n) is 2.07. The van der Waals surface area contributed by atoms with Gasteiger partial charge in [0.1, 0.15) is 0 Å². The zero-order valence-corrected chi connectivity index (χ0v) is 11.4. The maximum atomic E-state index is 9.76. The van der Waals surface area contributed by atoms with Crippen molar-refractivity contribution in [2.45, 2.75) is 33.3 Å². The molecule has 0 rings (SSSR count). The normalized spacial score (nSPS) is 17.9. The van der Waals surface area contributed by atoms with Gasteiger partial charge < -0.3 is 9.84 Å². The average molecular weight is 310 g/mol. The van der Waals surface area contributed by atoms with Crippen molar-refractivity contribution in [2.24, 2.45) is 5.92 Å². The highest BCUT2D eigenvalue weighted by Crippen LogP contribution is 2.15. The molecule has 0 fully saturated rings. The first kappa shape index (κ1) is 14.0. The zero-order valence-electron chi connectivity index (χ0n) is 9.25. The summed E-state index contributed by atoms with van der Waals surface area (Å²) in [5.41, 5.74) is 0. The van der Waals surface area contributed by atoms with E-state index in [1.165, 1.54) is 3.58 Å². The molecule has 2 atom stereocenters. The lowest BCUT2D eigenvalue weighted by Crippen LogP contribution is -2.14. The lowest BCUT2D eigenvalue weighted by Gasteiger charge is -2.14. The highest BCUT2D eigenvalue weighted by molar-refractivity contribution is 14.1. The Balaban J connectivity index is 4.08. The van der Waals surface area contributed by atoms with Gasteiger partial charge in [-0.1, -0.05) is 13.0 Å². The number of aliphatic hydroxyl groups is 1. The predicted octanol–water partition coefficient (Wildman–Crippen LogP) is 3.26. The van der Waals surface area contributed by atoms with E-state index in [2.05, 4.69) is 28.7 Å². The van der Waals surface area contributed by atoms with Gasteiger partial charge in [-0.25, -0.2) is 0 Å². The molecule has 0 aromatic heterocycles. The minimum Gasteiger partial charge on any atom is -0.502 e. The summed E-state index contributed by atoms with van der Waals surface area (Å²) < 4.78 is 6.20. The largest absolute Gasteiger partial charge is 0.502 e. The Morgan fingerprint density at radius 1 is 1.50 bits per heavy atom. The molecule has 0 heterocycles. The molecule has 0 saturated heterocycles. The molecule has 0 bridgehead atoms. The maximum absolute atomic E-state index is 9.76. The van der Waals surface area contributed by atoms with Gasteiger partial charge in [-0.15, -0.1) is 0 Å². The molecular weight excluding hydrogens is 291 g/mol. The van der Waals surface area contributed by atoms with Gasteiger partial charge in [-0.2, -0.15) is 0 Å². The van der Waals surface area contributed by atoms with Crippen LogP contribution in [0.15, 0.2) is 21.5 Å². The molecule has 0 aliphatic rings. The van der Waals surface area contributed by atoms with E-state index in [4.69, 9.17) is 4.74 Å². The Morgan fingerprint density at radius 3 is 2.50 bits per heavy atom. The molecule has 1 N–H and O–H groups in total. The number of methoxy groups -OCH3 is 1. The molecule has 0 amide bonds. The highest BCUT2D eigenvalue weighted by Gasteiger charge is 2.10. The molecule has 82 valence electrons. The van der Waals surface area contributed by atoms with Gasteiger partial charge in [-0.3, -0.25) is 0 Å². The molecule has 14 heavy (non-hydrogen) atoms. The second-order valence-electron chi connectivity index (χ2n) is 3.43. The van der Waals surface area contributed by atoms with Crippen molar-refractivity contribution in [1.82, 2.24) is 0 Å². The predicted molar refractivity (Wildman–Crippen MR) is 68.3 cm³/mol. The van der Waals surface area contributed by atoms with Crippen LogP contribution in [0.2, 0.25) is 0 Å². The molecule has 0 radical (unpaired) electrons. The number of aliphatic hydroxyl groups excluding tert-OH is 1. The first-order chi connectivity index (χ1) is 6.47. The number of halogens is 1. The van der Waals surface area contributed by atoms with Crippen molar-refractivity contribution in [1.29, 1.82) is 0 Å². The van der Waals surface area contributed by atoms with Crippen LogP contribution in [0.25, 0.3) is 0 Å². The van der Waals surface area contributed by atoms with Gasteiger partial charge in [0.15, 0.2) is 0 Å². The van der Waals surface area contributed by atoms with E-state index in [-0.39, 0.29) is 12.0 Å². The minimum atomic E-state index is -0.329. The van der Waals surface area contributed by atoms with Crippen molar-refractivity contribution in [2.75, 3.05) is 7.11 Å². The summed E-state index contributed by atoms with van der Waals surface area (Å²) in [6, 6.07) is 0. The molecular formula is C11H19IO2. The summed E-state index contributed by atoms with van der Waals surface area (Å²) >= 11 is 2.25. The van der Waals surface area contributed by atoms with E-state index in [0.717, 1.165) is 5.76 Å². The smallest absolute Gasteiger partial charge is 0.0885 e. The van der Waals surface area contributed by atoms with Crippen LogP contribution in [0.4, 0.5) is 0 Å². The van der Waals surface area contributed by atoms with Crippen LogP contribution >= 0.6 is 22.6 Å². The van der Waals surface area contributed by atoms with E-state index in [9.17, 15) is 5.11 Å². The summed E-state index contributed by atoms with van der Waals surface area (Å²) in [5.74, 6) is 1.04. The summed E-state index contributed by atoms with van der Waals surface area (Å²) in [6.45, 7) is 5.93. The molecule has 0 saturated carbocycles. The first-order valence-electron chi connectivity index (χ1n) is 4.70. The van der Waals surface area contributed by atoms with Crippen LogP contribution in [0.5, 0.6) is 0 Å². The van der Waals surface area contributed by atoms with E-state index in [0.29, 0.717) is 6.42 Å². The van der Waals surface area contributed by atoms with Gasteiger partial charge in [0.25, 0.3) is 0 Å². The molecule has 0 spiro atoms. The molecule has 0 unspecified atom stereocenters. The van der Waals surface area contributed by atoms with Crippen LogP contribution in [-0.4, -0.2) is 18.3 Å². The Labute approximate surface area is 100 Å². The minimum absolute atomic E-state index is 0.188. The lowest BCUT2D eigenvalue weighted by atomic mass is 10.0.